The molecular formula is C16H14ClNS. The van der Waals surface area contributed by atoms with Crippen LogP contribution >= 0.6 is 23.4 Å². The molecule has 19 heavy (non-hydrogen) atoms. The minimum absolute atomic E-state index is 0.506. The topological polar surface area (TPSA) is 23.8 Å². The first kappa shape index (κ1) is 14.0. The molecule has 0 fully saturated rings. The van der Waals surface area contributed by atoms with E-state index < -0.39 is 0 Å². The summed E-state index contributed by atoms with van der Waals surface area (Å²) in [6.07, 6.45) is 0. The molecule has 0 bridgehead atoms. The third kappa shape index (κ3) is 3.53. The van der Waals surface area contributed by atoms with Crippen molar-refractivity contribution < 1.29 is 0 Å². The van der Waals surface area contributed by atoms with Gasteiger partial charge in [-0.15, -0.1) is 0 Å². The van der Waals surface area contributed by atoms with Crippen LogP contribution in [0.15, 0.2) is 52.3 Å². The lowest BCUT2D eigenvalue weighted by Gasteiger charge is -2.07. The van der Waals surface area contributed by atoms with E-state index in [0.29, 0.717) is 16.5 Å². The Morgan fingerprint density at radius 1 is 1.05 bits per heavy atom. The van der Waals surface area contributed by atoms with Crippen LogP contribution in [-0.2, 0) is 0 Å². The third-order valence-electron chi connectivity index (χ3n) is 2.84. The first-order chi connectivity index (χ1) is 9.10. The molecule has 2 aromatic carbocycles. The highest BCUT2D eigenvalue weighted by molar-refractivity contribution is 7.99. The molecule has 0 aliphatic carbocycles. The van der Waals surface area contributed by atoms with Crippen LogP contribution in [0.4, 0.5) is 0 Å². The van der Waals surface area contributed by atoms with Gasteiger partial charge in [0, 0.05) is 9.79 Å². The van der Waals surface area contributed by atoms with Crippen molar-refractivity contribution in [3.63, 3.8) is 0 Å². The molecule has 0 N–H and O–H groups in total. The average molecular weight is 288 g/mol. The van der Waals surface area contributed by atoms with E-state index in [4.69, 9.17) is 16.9 Å². The predicted molar refractivity (Wildman–Crippen MR) is 80.8 cm³/mol. The lowest BCUT2D eigenvalue weighted by Crippen LogP contribution is -1.86. The van der Waals surface area contributed by atoms with E-state index in [1.54, 1.807) is 17.8 Å². The first-order valence-electron chi connectivity index (χ1n) is 6.07. The molecule has 0 saturated carbocycles. The predicted octanol–water partition coefficient (Wildman–Crippen LogP) is 5.49. The van der Waals surface area contributed by atoms with Gasteiger partial charge < -0.3 is 0 Å². The van der Waals surface area contributed by atoms with E-state index in [0.717, 1.165) is 4.90 Å². The summed E-state index contributed by atoms with van der Waals surface area (Å²) in [5.41, 5.74) is 1.85. The van der Waals surface area contributed by atoms with E-state index in [-0.39, 0.29) is 0 Å². The molecule has 3 heteroatoms. The maximum absolute atomic E-state index is 8.84. The van der Waals surface area contributed by atoms with Crippen molar-refractivity contribution >= 4 is 23.4 Å². The maximum Gasteiger partial charge on any atom is 0.101 e. The van der Waals surface area contributed by atoms with Crippen LogP contribution in [0.2, 0.25) is 5.02 Å². The zero-order chi connectivity index (χ0) is 13.8. The van der Waals surface area contributed by atoms with Gasteiger partial charge in [0.15, 0.2) is 0 Å². The number of hydrogen-bond acceptors (Lipinski definition) is 2. The van der Waals surface area contributed by atoms with Gasteiger partial charge in [0.05, 0.1) is 10.6 Å². The van der Waals surface area contributed by atoms with Crippen molar-refractivity contribution in [1.29, 1.82) is 5.26 Å². The van der Waals surface area contributed by atoms with Crippen LogP contribution in [0.25, 0.3) is 0 Å². The zero-order valence-electron chi connectivity index (χ0n) is 10.9. The van der Waals surface area contributed by atoms with E-state index in [2.05, 4.69) is 44.2 Å². The molecule has 0 aromatic heterocycles. The number of benzene rings is 2. The van der Waals surface area contributed by atoms with Gasteiger partial charge in [-0.1, -0.05) is 49.3 Å². The van der Waals surface area contributed by atoms with Crippen LogP contribution < -0.4 is 0 Å². The highest BCUT2D eigenvalue weighted by Gasteiger charge is 2.04. The van der Waals surface area contributed by atoms with Gasteiger partial charge >= 0.3 is 0 Å². The molecule has 0 spiro atoms. The Hall–Kier alpha value is -1.43. The molecule has 96 valence electrons. The normalized spacial score (nSPS) is 10.5. The molecule has 0 unspecified atom stereocenters. The number of nitriles is 1. The Kier molecular flexibility index (Phi) is 4.52. The van der Waals surface area contributed by atoms with Gasteiger partial charge in [-0.25, -0.2) is 0 Å². The van der Waals surface area contributed by atoms with E-state index in [9.17, 15) is 0 Å². The fourth-order valence-electron chi connectivity index (χ4n) is 1.71. The van der Waals surface area contributed by atoms with Crippen molar-refractivity contribution in [3.8, 4) is 6.07 Å². The standard InChI is InChI=1S/C16H14ClNS/c1-11(2)12-3-6-14(7-4-12)19-15-8-5-13(10-18)16(17)9-15/h3-9,11H,1-2H3. The number of rotatable bonds is 3. The summed E-state index contributed by atoms with van der Waals surface area (Å²) in [4.78, 5) is 2.21. The minimum atomic E-state index is 0.506. The molecule has 2 rings (SSSR count). The summed E-state index contributed by atoms with van der Waals surface area (Å²) in [7, 11) is 0. The second kappa shape index (κ2) is 6.14. The smallest absolute Gasteiger partial charge is 0.101 e. The zero-order valence-corrected chi connectivity index (χ0v) is 12.4. The molecule has 0 aliphatic rings. The van der Waals surface area contributed by atoms with Crippen molar-refractivity contribution in [3.05, 3.63) is 58.6 Å². The summed E-state index contributed by atoms with van der Waals surface area (Å²) >= 11 is 7.67. The quantitative estimate of drug-likeness (QED) is 0.745. The van der Waals surface area contributed by atoms with Gasteiger partial charge in [-0.2, -0.15) is 5.26 Å². The Balaban J connectivity index is 2.17. The minimum Gasteiger partial charge on any atom is -0.192 e. The van der Waals surface area contributed by atoms with Crippen LogP contribution in [0.1, 0.15) is 30.9 Å². The first-order valence-corrected chi connectivity index (χ1v) is 7.27. The molecule has 1 nitrogen and oxygen atoms in total. The summed E-state index contributed by atoms with van der Waals surface area (Å²) in [5.74, 6) is 0.545. The molecule has 0 heterocycles. The van der Waals surface area contributed by atoms with Crippen LogP contribution in [0, 0.1) is 11.3 Å². The lowest BCUT2D eigenvalue weighted by molar-refractivity contribution is 0.865. The monoisotopic (exact) mass is 287 g/mol. The van der Waals surface area contributed by atoms with Gasteiger partial charge in [0.2, 0.25) is 0 Å². The summed E-state index contributed by atoms with van der Waals surface area (Å²) < 4.78 is 0. The summed E-state index contributed by atoms with van der Waals surface area (Å²) in [6, 6.07) is 16.1. The van der Waals surface area contributed by atoms with Crippen molar-refractivity contribution in [2.24, 2.45) is 0 Å². The average Bonchev–Trinajstić information content (AvgIpc) is 2.39. The molecular weight excluding hydrogens is 274 g/mol. The highest BCUT2D eigenvalue weighted by atomic mass is 35.5. The Bertz CT molecular complexity index is 612. The van der Waals surface area contributed by atoms with Gasteiger partial charge in [-0.05, 0) is 41.8 Å². The van der Waals surface area contributed by atoms with Crippen molar-refractivity contribution in [2.45, 2.75) is 29.6 Å². The second-order valence-corrected chi connectivity index (χ2v) is 6.13. The third-order valence-corrected chi connectivity index (χ3v) is 4.15. The molecule has 0 aliphatic heterocycles. The second-order valence-electron chi connectivity index (χ2n) is 4.58. The van der Waals surface area contributed by atoms with Crippen molar-refractivity contribution in [2.75, 3.05) is 0 Å². The maximum atomic E-state index is 8.84. The molecule has 0 radical (unpaired) electrons. The largest absolute Gasteiger partial charge is 0.192 e. The van der Waals surface area contributed by atoms with Gasteiger partial charge in [-0.3, -0.25) is 0 Å². The summed E-state index contributed by atoms with van der Waals surface area (Å²) in [5, 5.41) is 9.35. The molecule has 0 saturated heterocycles. The lowest BCUT2D eigenvalue weighted by atomic mass is 10.0. The number of nitrogens with zero attached hydrogens (tertiary/aromatic N) is 1. The number of hydrogen-bond donors (Lipinski definition) is 0. The Labute approximate surface area is 123 Å². The number of halogens is 1. The molecule has 0 amide bonds. The van der Waals surface area contributed by atoms with Crippen LogP contribution in [0.3, 0.4) is 0 Å². The van der Waals surface area contributed by atoms with Crippen molar-refractivity contribution in [1.82, 2.24) is 0 Å². The molecule has 0 atom stereocenters. The SMILES string of the molecule is CC(C)c1ccc(Sc2ccc(C#N)c(Cl)c2)cc1. The fraction of sp³-hybridized carbons (Fsp3) is 0.188. The Morgan fingerprint density at radius 2 is 1.68 bits per heavy atom. The Morgan fingerprint density at radius 3 is 2.21 bits per heavy atom. The fourth-order valence-corrected chi connectivity index (χ4v) is 2.85. The van der Waals surface area contributed by atoms with Crippen LogP contribution in [0.5, 0.6) is 0 Å². The van der Waals surface area contributed by atoms with Gasteiger partial charge in [0.1, 0.15) is 6.07 Å². The van der Waals surface area contributed by atoms with Crippen LogP contribution in [-0.4, -0.2) is 0 Å². The van der Waals surface area contributed by atoms with E-state index in [1.807, 2.05) is 12.1 Å². The molecule has 2 aromatic rings. The highest BCUT2D eigenvalue weighted by Crippen LogP contribution is 2.31. The van der Waals surface area contributed by atoms with E-state index >= 15 is 0 Å². The van der Waals surface area contributed by atoms with Gasteiger partial charge in [0.25, 0.3) is 0 Å². The summed E-state index contributed by atoms with van der Waals surface area (Å²) in [6.45, 7) is 4.37. The van der Waals surface area contributed by atoms with E-state index in [1.165, 1.54) is 10.5 Å².